The lowest BCUT2D eigenvalue weighted by molar-refractivity contribution is -0.138. The lowest BCUT2D eigenvalue weighted by Gasteiger charge is -2.09. The highest BCUT2D eigenvalue weighted by Crippen LogP contribution is 2.35. The number of anilines is 8. The highest BCUT2D eigenvalue weighted by molar-refractivity contribution is 9.10. The number of H-pyrrole nitrogens is 4. The first kappa shape index (κ1) is 81.7. The van der Waals surface area contributed by atoms with Crippen LogP contribution in [0, 0.1) is 48.1 Å². The summed E-state index contributed by atoms with van der Waals surface area (Å²) in [6.45, 7) is 12.9. The smallest absolute Gasteiger partial charge is 0.344 e. The second-order valence-electron chi connectivity index (χ2n) is 25.0. The topological polar surface area (TPSA) is 279 Å². The number of aromatic amines is 4. The third kappa shape index (κ3) is 24.3. The van der Waals surface area contributed by atoms with Crippen molar-refractivity contribution in [2.45, 2.75) is 64.0 Å². The predicted molar refractivity (Wildman–Crippen MR) is 407 cm³/mol. The van der Waals surface area contributed by atoms with Gasteiger partial charge in [-0.15, -0.1) is 30.4 Å². The van der Waals surface area contributed by atoms with E-state index in [1.165, 1.54) is 60.9 Å². The molecule has 0 aliphatic heterocycles. The van der Waals surface area contributed by atoms with Gasteiger partial charge < -0.3 is 62.5 Å². The van der Waals surface area contributed by atoms with E-state index < -0.39 is 87.2 Å². The second-order valence-corrected chi connectivity index (χ2v) is 35.5. The number of nitrogens with one attached hydrogen (secondary N) is 12. The number of amides is 8. The number of carbonyl (C=O) groups excluding carboxylic acids is 4. The molecule has 8 heterocycles. The summed E-state index contributed by atoms with van der Waals surface area (Å²) in [5.74, 6) is 8.02. The molecule has 0 atom stereocenters. The van der Waals surface area contributed by atoms with Gasteiger partial charge in [0, 0.05) is 115 Å². The minimum Gasteiger partial charge on any atom is -0.344 e. The standard InChI is InChI=1S/C20H19F3N4OSi.2C17H11F3N4O.C15H10BrF3N4O.C5H10Si/c1-29(2,3)9-8-13-10-16-17(12-25-18(16)24-11-13)27-19(28)26-15-6-4-14(5-7-15)20(21,22)23;2*1-2-10-7-13-14(9-22-15(13)21-8-10)24-16(25)23-12-5-3-11(4-6-12)17(18,19)20;16-9-5-11-12(7-21-13(11)20-6-9)23-14(24)22-10-3-1-8(2-4-10)15(17,18)19;1-5-6(2,3)4/h4-7,10-12H,1-3H3,(H,24,25)(H2,26,27,28);2*1,3-9H,(H,21,22)(H2,23,24,25);1-7H,(H,20,21)(H2,22,23,24);1H,2-4H3. The van der Waals surface area contributed by atoms with Gasteiger partial charge in [0.05, 0.1) is 45.0 Å². The lowest BCUT2D eigenvalue weighted by Crippen LogP contribution is -2.19. The van der Waals surface area contributed by atoms with E-state index in [-0.39, 0.29) is 22.7 Å². The quantitative estimate of drug-likeness (QED) is 0.0394. The SMILES string of the molecule is C#C[Si](C)(C)C.C#Cc1cnc2[nH]cc(NC(=O)Nc3ccc(C(F)(F)F)cc3)c2c1.C#Cc1cnc2[nH]cc(NC(=O)Nc3ccc(C(F)(F)F)cc3)c2c1.C[Si](C)(C)C#Cc1cnc2[nH]cc(NC(=O)Nc3ccc(C(F)(F)F)cc3)c2c1.O=C(Nc1ccc(C(F)(F)F)cc1)Nc1c[nH]c2ncc(Br)cc12. The molecule has 8 amide bonds. The van der Waals surface area contributed by atoms with Crippen LogP contribution in [-0.4, -0.2) is 80.1 Å². The van der Waals surface area contributed by atoms with E-state index in [0.717, 1.165) is 58.6 Å². The van der Waals surface area contributed by atoms with E-state index in [0.29, 0.717) is 78.0 Å². The van der Waals surface area contributed by atoms with Crippen molar-refractivity contribution in [2.75, 3.05) is 42.5 Å². The van der Waals surface area contributed by atoms with Gasteiger partial charge in [0.2, 0.25) is 0 Å². The fourth-order valence-electron chi connectivity index (χ4n) is 9.00. The van der Waals surface area contributed by atoms with Gasteiger partial charge in [-0.05, 0) is 137 Å². The highest BCUT2D eigenvalue weighted by atomic mass is 79.9. The average Bonchev–Trinajstić information content (AvgIpc) is 1.70. The van der Waals surface area contributed by atoms with Crippen LogP contribution in [0.15, 0.2) is 175 Å². The Balaban J connectivity index is 0.000000178. The van der Waals surface area contributed by atoms with Crippen molar-refractivity contribution in [3.05, 3.63) is 214 Å². The van der Waals surface area contributed by atoms with Crippen LogP contribution >= 0.6 is 15.9 Å². The molecule has 0 bridgehead atoms. The van der Waals surface area contributed by atoms with Crippen molar-refractivity contribution in [1.29, 1.82) is 0 Å². The summed E-state index contributed by atoms with van der Waals surface area (Å²) in [7, 11) is -2.64. The number of rotatable bonds is 8. The number of hydrogen-bond acceptors (Lipinski definition) is 8. The van der Waals surface area contributed by atoms with Gasteiger partial charge in [0.25, 0.3) is 0 Å². The van der Waals surface area contributed by atoms with Gasteiger partial charge in [0.1, 0.15) is 38.7 Å². The van der Waals surface area contributed by atoms with Gasteiger partial charge in [-0.1, -0.05) is 57.0 Å². The molecule has 0 saturated heterocycles. The van der Waals surface area contributed by atoms with Gasteiger partial charge in [-0.25, -0.2) is 39.1 Å². The number of halogens is 13. The van der Waals surface area contributed by atoms with E-state index in [2.05, 4.69) is 166 Å². The maximum absolute atomic E-state index is 12.6. The number of alkyl halides is 12. The summed E-state index contributed by atoms with van der Waals surface area (Å²) >= 11 is 3.30. The zero-order valence-electron chi connectivity index (χ0n) is 57.7. The van der Waals surface area contributed by atoms with Crippen LogP contribution in [-0.2, 0) is 24.7 Å². The first-order valence-electron chi connectivity index (χ1n) is 31.6. The predicted octanol–water partition coefficient (Wildman–Crippen LogP) is 20.4. The van der Waals surface area contributed by atoms with Crippen molar-refractivity contribution in [2.24, 2.45) is 0 Å². The highest BCUT2D eigenvalue weighted by Gasteiger charge is 2.33. The maximum atomic E-state index is 12.6. The molecule has 0 fully saturated rings. The van der Waals surface area contributed by atoms with Crippen LogP contribution in [0.1, 0.15) is 38.9 Å². The number of terminal acetylenes is 3. The number of hydrogen-bond donors (Lipinski definition) is 12. The Morgan fingerprint density at radius 3 is 0.844 bits per heavy atom. The van der Waals surface area contributed by atoms with Crippen LogP contribution in [0.25, 0.3) is 44.1 Å². The van der Waals surface area contributed by atoms with E-state index in [1.807, 2.05) is 6.07 Å². The van der Waals surface area contributed by atoms with Crippen molar-refractivity contribution in [3.8, 4) is 48.1 Å². The van der Waals surface area contributed by atoms with Crippen molar-refractivity contribution >= 4 is 146 Å². The van der Waals surface area contributed by atoms with Gasteiger partial charge in [-0.3, -0.25) is 0 Å². The number of fused-ring (bicyclic) bond motifs is 4. The fraction of sp³-hybridized carbons (Fsp3) is 0.135. The Hall–Kier alpha value is -13.0. The van der Waals surface area contributed by atoms with E-state index in [9.17, 15) is 71.9 Å². The second kappa shape index (κ2) is 34.5. The number of carbonyl (C=O) groups is 4. The first-order chi connectivity index (χ1) is 51.1. The van der Waals surface area contributed by atoms with Crippen LogP contribution < -0.4 is 42.5 Å². The Bertz CT molecular complexity index is 5300. The summed E-state index contributed by atoms with van der Waals surface area (Å²) in [5, 5.41) is 23.0. The molecule has 0 saturated carbocycles. The van der Waals surface area contributed by atoms with Crippen molar-refractivity contribution in [3.63, 3.8) is 0 Å². The van der Waals surface area contributed by atoms with Crippen molar-refractivity contribution < 1.29 is 71.9 Å². The summed E-state index contributed by atoms with van der Waals surface area (Å²) in [6.07, 6.45) is 10.7. The number of pyridine rings is 4. The van der Waals surface area contributed by atoms with E-state index in [4.69, 9.17) is 19.3 Å². The average molecular weight is 1600 g/mol. The molecule has 12 aromatic rings. The molecule has 0 spiro atoms. The zero-order valence-corrected chi connectivity index (χ0v) is 61.3. The molecule has 12 N–H and O–H groups in total. The van der Waals surface area contributed by atoms with Gasteiger partial charge in [0.15, 0.2) is 0 Å². The summed E-state index contributed by atoms with van der Waals surface area (Å²) < 4.78 is 151. The fourth-order valence-corrected chi connectivity index (χ4v) is 9.85. The number of benzene rings is 4. The number of urea groups is 4. The first-order valence-corrected chi connectivity index (χ1v) is 39.4. The van der Waals surface area contributed by atoms with Gasteiger partial charge in [-0.2, -0.15) is 52.7 Å². The lowest BCUT2D eigenvalue weighted by atomic mass is 10.2. The minimum absolute atomic E-state index is 0.229. The van der Waals surface area contributed by atoms with Crippen LogP contribution in [0.3, 0.4) is 0 Å². The van der Waals surface area contributed by atoms with Crippen LogP contribution in [0.5, 0.6) is 0 Å². The molecule has 0 radical (unpaired) electrons. The third-order valence-electron chi connectivity index (χ3n) is 14.3. The Labute approximate surface area is 623 Å². The molecule has 0 aliphatic carbocycles. The molecule has 560 valence electrons. The molecule has 12 rings (SSSR count). The number of aromatic nitrogens is 8. The third-order valence-corrected chi connectivity index (χ3v) is 16.5. The molecule has 8 aromatic heterocycles. The largest absolute Gasteiger partial charge is 0.416 e. The summed E-state index contributed by atoms with van der Waals surface area (Å²) in [6, 6.07) is 21.3. The monoisotopic (exact) mass is 1600 g/mol. The van der Waals surface area contributed by atoms with E-state index >= 15 is 0 Å². The Morgan fingerprint density at radius 1 is 0.367 bits per heavy atom. The zero-order chi connectivity index (χ0) is 79.8. The molecular formula is C74H61BrF12N16O4Si2. The molecule has 20 nitrogen and oxygen atoms in total. The summed E-state index contributed by atoms with van der Waals surface area (Å²) in [5.41, 5.74) is 9.85. The van der Waals surface area contributed by atoms with Gasteiger partial charge >= 0.3 is 48.8 Å². The molecule has 4 aromatic carbocycles. The maximum Gasteiger partial charge on any atom is 0.416 e. The Kier molecular flexibility index (Phi) is 25.9. The molecule has 0 aliphatic rings. The molecule has 35 heteroatoms. The molecule has 109 heavy (non-hydrogen) atoms. The molecular weight excluding hydrogens is 1540 g/mol. The van der Waals surface area contributed by atoms with Crippen molar-refractivity contribution in [1.82, 2.24) is 39.9 Å². The molecule has 0 unspecified atom stereocenters. The van der Waals surface area contributed by atoms with Crippen LogP contribution in [0.4, 0.5) is 117 Å². The Morgan fingerprint density at radius 2 is 0.606 bits per heavy atom. The van der Waals surface area contributed by atoms with E-state index in [1.54, 1.807) is 55.4 Å². The normalized spacial score (nSPS) is 11.3. The number of nitrogens with zero attached hydrogens (tertiary/aromatic N) is 4. The van der Waals surface area contributed by atoms with Crippen LogP contribution in [0.2, 0.25) is 39.3 Å². The summed E-state index contributed by atoms with van der Waals surface area (Å²) in [4.78, 5) is 76.7. The minimum atomic E-state index is -4.42.